The molecule has 2 saturated heterocycles. The first kappa shape index (κ1) is 20.6. The van der Waals surface area contributed by atoms with Crippen molar-refractivity contribution in [3.05, 3.63) is 6.07 Å². The van der Waals surface area contributed by atoms with Gasteiger partial charge in [-0.1, -0.05) is 26.7 Å². The van der Waals surface area contributed by atoms with Gasteiger partial charge in [0.2, 0.25) is 5.95 Å². The van der Waals surface area contributed by atoms with E-state index in [0.29, 0.717) is 28.9 Å². The smallest absolute Gasteiger partial charge is 0.232 e. The summed E-state index contributed by atoms with van der Waals surface area (Å²) < 4.78 is 0. The molecule has 4 rings (SSSR count). The summed E-state index contributed by atoms with van der Waals surface area (Å²) in [6.07, 6.45) is 10.0. The lowest BCUT2D eigenvalue weighted by molar-refractivity contribution is 0.441. The van der Waals surface area contributed by atoms with Crippen molar-refractivity contribution < 1.29 is 0 Å². The third kappa shape index (κ3) is 5.50. The highest BCUT2D eigenvalue weighted by Gasteiger charge is 2.23. The Morgan fingerprint density at radius 1 is 0.897 bits per heavy atom. The first-order valence-electron chi connectivity index (χ1n) is 11.5. The fourth-order valence-electron chi connectivity index (χ4n) is 4.99. The molecule has 0 spiro atoms. The fraction of sp³-hybridized carbons (Fsp3) is 0.773. The van der Waals surface area contributed by atoms with E-state index in [2.05, 4.69) is 40.3 Å². The summed E-state index contributed by atoms with van der Waals surface area (Å²) in [7, 11) is 0. The zero-order valence-electron chi connectivity index (χ0n) is 18.0. The Balaban J connectivity index is 1.54. The number of rotatable bonds is 4. The second-order valence-corrected chi connectivity index (χ2v) is 9.78. The SMILES string of the molecule is C[C@@H]1CCCN(c2cc(N3CCC[C@@H](C)C3)nc(NC(=S)NC3CCCC3)n2)C1. The van der Waals surface area contributed by atoms with Crippen molar-refractivity contribution in [2.24, 2.45) is 11.8 Å². The van der Waals surface area contributed by atoms with Crippen molar-refractivity contribution in [3.63, 3.8) is 0 Å². The molecule has 7 heteroatoms. The van der Waals surface area contributed by atoms with Crippen LogP contribution >= 0.6 is 12.2 Å². The minimum absolute atomic E-state index is 0.489. The lowest BCUT2D eigenvalue weighted by Crippen LogP contribution is -2.38. The summed E-state index contributed by atoms with van der Waals surface area (Å²) in [6, 6.07) is 2.68. The van der Waals surface area contributed by atoms with Crippen LogP contribution in [0.5, 0.6) is 0 Å². The molecule has 0 amide bonds. The van der Waals surface area contributed by atoms with Crippen molar-refractivity contribution in [1.82, 2.24) is 15.3 Å². The molecule has 1 saturated carbocycles. The van der Waals surface area contributed by atoms with E-state index in [1.54, 1.807) is 0 Å². The van der Waals surface area contributed by atoms with Crippen LogP contribution in [0.4, 0.5) is 17.6 Å². The summed E-state index contributed by atoms with van der Waals surface area (Å²) >= 11 is 5.58. The largest absolute Gasteiger partial charge is 0.360 e. The van der Waals surface area contributed by atoms with Gasteiger partial charge in [0.1, 0.15) is 11.6 Å². The number of piperidine rings is 2. The molecule has 1 aromatic heterocycles. The van der Waals surface area contributed by atoms with Gasteiger partial charge in [-0.3, -0.25) is 0 Å². The standard InChI is InChI=1S/C22H36N6S/c1-16-7-5-11-27(14-16)19-13-20(28-12-6-8-17(2)15-28)25-21(24-19)26-22(29)23-18-9-3-4-10-18/h13,16-18H,3-12,14-15H2,1-2H3,(H2,23,24,25,26,29)/t16-,17-/m1/s1. The second kappa shape index (κ2) is 9.45. The number of nitrogens with one attached hydrogen (secondary N) is 2. The predicted molar refractivity (Wildman–Crippen MR) is 125 cm³/mol. The zero-order chi connectivity index (χ0) is 20.2. The Morgan fingerprint density at radius 3 is 1.97 bits per heavy atom. The molecule has 0 aromatic carbocycles. The lowest BCUT2D eigenvalue weighted by Gasteiger charge is -2.35. The van der Waals surface area contributed by atoms with Gasteiger partial charge in [0.05, 0.1) is 0 Å². The van der Waals surface area contributed by atoms with Gasteiger partial charge < -0.3 is 20.4 Å². The predicted octanol–water partition coefficient (Wildman–Crippen LogP) is 4.18. The minimum atomic E-state index is 0.489. The first-order valence-corrected chi connectivity index (χ1v) is 11.9. The van der Waals surface area contributed by atoms with Gasteiger partial charge in [-0.05, 0) is 62.6 Å². The number of hydrogen-bond donors (Lipinski definition) is 2. The van der Waals surface area contributed by atoms with E-state index in [1.807, 2.05) is 0 Å². The van der Waals surface area contributed by atoms with Gasteiger partial charge in [-0.25, -0.2) is 0 Å². The van der Waals surface area contributed by atoms with Crippen LogP contribution in [-0.4, -0.2) is 47.3 Å². The molecule has 3 heterocycles. The monoisotopic (exact) mass is 416 g/mol. The van der Waals surface area contributed by atoms with Gasteiger partial charge in [-0.2, -0.15) is 9.97 Å². The van der Waals surface area contributed by atoms with E-state index in [9.17, 15) is 0 Å². The molecule has 0 bridgehead atoms. The second-order valence-electron chi connectivity index (χ2n) is 9.37. The van der Waals surface area contributed by atoms with Gasteiger partial charge >= 0.3 is 0 Å². The number of anilines is 3. The number of nitrogens with zero attached hydrogens (tertiary/aromatic N) is 4. The molecule has 3 fully saturated rings. The van der Waals surface area contributed by atoms with Crippen LogP contribution in [0.1, 0.15) is 65.2 Å². The van der Waals surface area contributed by atoms with Crippen LogP contribution in [0.15, 0.2) is 6.07 Å². The lowest BCUT2D eigenvalue weighted by atomic mass is 10.00. The Morgan fingerprint density at radius 2 is 1.45 bits per heavy atom. The molecule has 1 aromatic rings. The molecular formula is C22H36N6S. The number of hydrogen-bond acceptors (Lipinski definition) is 5. The highest BCUT2D eigenvalue weighted by atomic mass is 32.1. The maximum Gasteiger partial charge on any atom is 0.232 e. The molecule has 160 valence electrons. The van der Waals surface area contributed by atoms with E-state index in [4.69, 9.17) is 22.2 Å². The Labute approximate surface area is 180 Å². The molecule has 6 nitrogen and oxygen atoms in total. The van der Waals surface area contributed by atoms with Crippen molar-refractivity contribution in [2.45, 2.75) is 71.3 Å². The molecular weight excluding hydrogens is 380 g/mol. The molecule has 0 radical (unpaired) electrons. The average molecular weight is 417 g/mol. The van der Waals surface area contributed by atoms with Crippen molar-refractivity contribution in [1.29, 1.82) is 0 Å². The quantitative estimate of drug-likeness (QED) is 0.714. The minimum Gasteiger partial charge on any atom is -0.360 e. The maximum atomic E-state index is 5.58. The molecule has 2 N–H and O–H groups in total. The third-order valence-electron chi connectivity index (χ3n) is 6.58. The fourth-order valence-corrected chi connectivity index (χ4v) is 5.25. The van der Waals surface area contributed by atoms with E-state index in [0.717, 1.165) is 37.8 Å². The maximum absolute atomic E-state index is 5.58. The number of aromatic nitrogens is 2. The summed E-state index contributed by atoms with van der Waals surface area (Å²) in [5, 5.41) is 7.40. The summed E-state index contributed by atoms with van der Waals surface area (Å²) in [5.41, 5.74) is 0. The molecule has 2 aliphatic heterocycles. The highest BCUT2D eigenvalue weighted by Crippen LogP contribution is 2.28. The third-order valence-corrected chi connectivity index (χ3v) is 6.80. The van der Waals surface area contributed by atoms with Crippen LogP contribution in [0.25, 0.3) is 0 Å². The average Bonchev–Trinajstić information content (AvgIpc) is 3.20. The molecule has 29 heavy (non-hydrogen) atoms. The van der Waals surface area contributed by atoms with Gasteiger partial charge in [0, 0.05) is 38.3 Å². The zero-order valence-corrected chi connectivity index (χ0v) is 18.8. The molecule has 1 aliphatic carbocycles. The van der Waals surface area contributed by atoms with Gasteiger partial charge in [0.25, 0.3) is 0 Å². The molecule has 3 aliphatic rings. The van der Waals surface area contributed by atoms with Crippen LogP contribution < -0.4 is 20.4 Å². The van der Waals surface area contributed by atoms with E-state index >= 15 is 0 Å². The Kier molecular flexibility index (Phi) is 6.73. The van der Waals surface area contributed by atoms with Crippen molar-refractivity contribution in [3.8, 4) is 0 Å². The number of thiocarbonyl (C=S) groups is 1. The summed E-state index contributed by atoms with van der Waals surface area (Å²) in [6.45, 7) is 8.94. The summed E-state index contributed by atoms with van der Waals surface area (Å²) in [5.74, 6) is 4.11. The van der Waals surface area contributed by atoms with Crippen LogP contribution in [0.3, 0.4) is 0 Å². The van der Waals surface area contributed by atoms with E-state index in [-0.39, 0.29) is 0 Å². The Bertz CT molecular complexity index is 664. The normalized spacial score (nSPS) is 25.9. The van der Waals surface area contributed by atoms with E-state index in [1.165, 1.54) is 51.4 Å². The van der Waals surface area contributed by atoms with Gasteiger partial charge in [-0.15, -0.1) is 0 Å². The first-order chi connectivity index (χ1) is 14.1. The van der Waals surface area contributed by atoms with Crippen molar-refractivity contribution >= 4 is 34.9 Å². The van der Waals surface area contributed by atoms with Gasteiger partial charge in [0.15, 0.2) is 5.11 Å². The molecule has 2 atom stereocenters. The van der Waals surface area contributed by atoms with Crippen molar-refractivity contribution in [2.75, 3.05) is 41.3 Å². The summed E-state index contributed by atoms with van der Waals surface area (Å²) in [4.78, 5) is 14.6. The Hall–Kier alpha value is -1.63. The van der Waals surface area contributed by atoms with Crippen LogP contribution in [0, 0.1) is 11.8 Å². The highest BCUT2D eigenvalue weighted by molar-refractivity contribution is 7.80. The van der Waals surface area contributed by atoms with Crippen LogP contribution in [-0.2, 0) is 0 Å². The van der Waals surface area contributed by atoms with E-state index < -0.39 is 0 Å². The van der Waals surface area contributed by atoms with Crippen LogP contribution in [0.2, 0.25) is 0 Å². The molecule has 0 unspecified atom stereocenters. The topological polar surface area (TPSA) is 56.3 Å².